The second kappa shape index (κ2) is 6.16. The Labute approximate surface area is 142 Å². The number of hydrogen-bond donors (Lipinski definition) is 0. The third-order valence-corrected chi connectivity index (χ3v) is 5.28. The maximum atomic E-state index is 5.30. The molecule has 6 heteroatoms. The van der Waals surface area contributed by atoms with Crippen LogP contribution in [0.5, 0.6) is 0 Å². The molecule has 2 aromatic rings. The van der Waals surface area contributed by atoms with Crippen LogP contribution in [-0.4, -0.2) is 51.2 Å². The predicted octanol–water partition coefficient (Wildman–Crippen LogP) is 2.89. The lowest BCUT2D eigenvalue weighted by Crippen LogP contribution is -2.43. The molecule has 2 atom stereocenters. The lowest BCUT2D eigenvalue weighted by molar-refractivity contribution is 0.158. The summed E-state index contributed by atoms with van der Waals surface area (Å²) in [5, 5.41) is 3.88. The molecule has 2 aliphatic heterocycles. The molecule has 128 valence electrons. The summed E-state index contributed by atoms with van der Waals surface area (Å²) in [4.78, 5) is 14.1. The van der Waals surface area contributed by atoms with Gasteiger partial charge in [-0.3, -0.25) is 4.90 Å². The first kappa shape index (κ1) is 15.6. The fourth-order valence-electron chi connectivity index (χ4n) is 4.30. The molecule has 0 spiro atoms. The molecule has 0 saturated carbocycles. The Hall–Kier alpha value is -1.95. The van der Waals surface area contributed by atoms with Crippen LogP contribution in [0.15, 0.2) is 22.9 Å². The van der Waals surface area contributed by atoms with Gasteiger partial charge in [0, 0.05) is 43.0 Å². The zero-order chi connectivity index (χ0) is 16.7. The minimum absolute atomic E-state index is 0.566. The number of nitrogens with zero attached hydrogens (tertiary/aromatic N) is 5. The van der Waals surface area contributed by atoms with Crippen molar-refractivity contribution in [3.63, 3.8) is 0 Å². The molecule has 4 heterocycles. The van der Waals surface area contributed by atoms with Crippen LogP contribution in [0.1, 0.15) is 38.9 Å². The molecule has 2 bridgehead atoms. The molecule has 2 aliphatic rings. The molecule has 0 aromatic carbocycles. The molecule has 24 heavy (non-hydrogen) atoms. The number of hydrogen-bond acceptors (Lipinski definition) is 6. The Morgan fingerprint density at radius 2 is 2.04 bits per heavy atom. The summed E-state index contributed by atoms with van der Waals surface area (Å²) in [5.41, 5.74) is 0.940. The van der Waals surface area contributed by atoms with E-state index in [9.17, 15) is 0 Å². The fourth-order valence-corrected chi connectivity index (χ4v) is 4.30. The van der Waals surface area contributed by atoms with Crippen LogP contribution < -0.4 is 4.90 Å². The van der Waals surface area contributed by atoms with E-state index in [2.05, 4.69) is 44.8 Å². The van der Waals surface area contributed by atoms with Crippen LogP contribution in [0, 0.1) is 6.92 Å². The van der Waals surface area contributed by atoms with E-state index in [1.807, 2.05) is 19.2 Å². The highest BCUT2D eigenvalue weighted by Gasteiger charge is 2.38. The second-order valence-corrected chi connectivity index (χ2v) is 7.21. The maximum Gasteiger partial charge on any atom is 0.258 e. The zero-order valence-corrected chi connectivity index (χ0v) is 14.6. The normalized spacial score (nSPS) is 24.6. The third kappa shape index (κ3) is 2.79. The second-order valence-electron chi connectivity index (χ2n) is 7.21. The molecule has 0 amide bonds. The maximum absolute atomic E-state index is 5.30. The molecule has 0 N–H and O–H groups in total. The van der Waals surface area contributed by atoms with Gasteiger partial charge in [0.2, 0.25) is 0 Å². The Morgan fingerprint density at radius 3 is 2.79 bits per heavy atom. The lowest BCUT2D eigenvalue weighted by Gasteiger charge is -2.32. The van der Waals surface area contributed by atoms with Gasteiger partial charge in [-0.05, 0) is 52.2 Å². The first-order valence-corrected chi connectivity index (χ1v) is 8.91. The van der Waals surface area contributed by atoms with E-state index in [0.29, 0.717) is 23.8 Å². The van der Waals surface area contributed by atoms with Crippen molar-refractivity contribution in [2.45, 2.75) is 58.2 Å². The summed E-state index contributed by atoms with van der Waals surface area (Å²) in [6.07, 6.45) is 5.68. The van der Waals surface area contributed by atoms with Crippen molar-refractivity contribution >= 4 is 5.82 Å². The topological polar surface area (TPSA) is 58.3 Å². The van der Waals surface area contributed by atoms with Crippen LogP contribution >= 0.6 is 0 Å². The highest BCUT2D eigenvalue weighted by Crippen LogP contribution is 2.33. The standard InChI is InChI=1S/C18H25N5O/c1-12(2)23-15-4-5-16(23)11-22(9-7-15)17-10-14(6-8-19-17)18-20-13(3)21-24-18/h6,8,10,12,15-16H,4-5,7,9,11H2,1-3H3/t15-,16+/m1/s1. The van der Waals surface area contributed by atoms with E-state index in [-0.39, 0.29) is 0 Å². The number of aryl methyl sites for hydroxylation is 1. The Morgan fingerprint density at radius 1 is 1.21 bits per heavy atom. The molecule has 0 unspecified atom stereocenters. The van der Waals surface area contributed by atoms with Crippen molar-refractivity contribution in [1.29, 1.82) is 0 Å². The van der Waals surface area contributed by atoms with Gasteiger partial charge in [-0.1, -0.05) is 5.16 Å². The predicted molar refractivity (Wildman–Crippen MR) is 92.9 cm³/mol. The van der Waals surface area contributed by atoms with Gasteiger partial charge < -0.3 is 9.42 Å². The molecule has 2 aromatic heterocycles. The van der Waals surface area contributed by atoms with Gasteiger partial charge in [0.05, 0.1) is 0 Å². The van der Waals surface area contributed by atoms with Gasteiger partial charge in [0.15, 0.2) is 5.82 Å². The average Bonchev–Trinajstić information content (AvgIpc) is 3.10. The van der Waals surface area contributed by atoms with Crippen LogP contribution in [0.4, 0.5) is 5.82 Å². The summed E-state index contributed by atoms with van der Waals surface area (Å²) in [6.45, 7) is 8.58. The van der Waals surface area contributed by atoms with Crippen LogP contribution in [-0.2, 0) is 0 Å². The van der Waals surface area contributed by atoms with Crippen molar-refractivity contribution in [2.75, 3.05) is 18.0 Å². The monoisotopic (exact) mass is 327 g/mol. The highest BCUT2D eigenvalue weighted by molar-refractivity contribution is 5.58. The molecule has 6 nitrogen and oxygen atoms in total. The average molecular weight is 327 g/mol. The molecule has 0 aliphatic carbocycles. The Balaban J connectivity index is 1.58. The van der Waals surface area contributed by atoms with E-state index >= 15 is 0 Å². The van der Waals surface area contributed by atoms with Crippen LogP contribution in [0.3, 0.4) is 0 Å². The van der Waals surface area contributed by atoms with E-state index in [0.717, 1.165) is 30.5 Å². The van der Waals surface area contributed by atoms with Crippen molar-refractivity contribution < 1.29 is 4.52 Å². The minimum atomic E-state index is 0.566. The number of anilines is 1. The smallest absolute Gasteiger partial charge is 0.258 e. The van der Waals surface area contributed by atoms with Crippen LogP contribution in [0.2, 0.25) is 0 Å². The summed E-state index contributed by atoms with van der Waals surface area (Å²) < 4.78 is 5.30. The first-order chi connectivity index (χ1) is 11.6. The first-order valence-electron chi connectivity index (χ1n) is 8.91. The quantitative estimate of drug-likeness (QED) is 0.864. The largest absolute Gasteiger partial charge is 0.355 e. The van der Waals surface area contributed by atoms with Crippen molar-refractivity contribution in [3.05, 3.63) is 24.2 Å². The summed E-state index contributed by atoms with van der Waals surface area (Å²) in [7, 11) is 0. The van der Waals surface area contributed by atoms with Crippen molar-refractivity contribution in [1.82, 2.24) is 20.0 Å². The minimum Gasteiger partial charge on any atom is -0.355 e. The van der Waals surface area contributed by atoms with E-state index in [1.165, 1.54) is 19.3 Å². The van der Waals surface area contributed by atoms with Gasteiger partial charge in [-0.2, -0.15) is 4.98 Å². The number of fused-ring (bicyclic) bond motifs is 2. The molecule has 4 rings (SSSR count). The van der Waals surface area contributed by atoms with Crippen molar-refractivity contribution in [3.8, 4) is 11.5 Å². The van der Waals surface area contributed by atoms with Crippen molar-refractivity contribution in [2.24, 2.45) is 0 Å². The number of aromatic nitrogens is 3. The lowest BCUT2D eigenvalue weighted by atomic mass is 10.1. The van der Waals surface area contributed by atoms with Gasteiger partial charge in [0.1, 0.15) is 5.82 Å². The molecule has 2 saturated heterocycles. The molecule has 2 fully saturated rings. The summed E-state index contributed by atoms with van der Waals surface area (Å²) in [6, 6.07) is 5.98. The highest BCUT2D eigenvalue weighted by atomic mass is 16.5. The van der Waals surface area contributed by atoms with Gasteiger partial charge in [-0.15, -0.1) is 0 Å². The summed E-state index contributed by atoms with van der Waals surface area (Å²) in [5.74, 6) is 2.24. The molecular weight excluding hydrogens is 302 g/mol. The molecular formula is C18H25N5O. The van der Waals surface area contributed by atoms with Gasteiger partial charge in [0.25, 0.3) is 5.89 Å². The number of rotatable bonds is 3. The Kier molecular flexibility index (Phi) is 4.00. The van der Waals surface area contributed by atoms with E-state index in [1.54, 1.807) is 0 Å². The third-order valence-electron chi connectivity index (χ3n) is 5.28. The fraction of sp³-hybridized carbons (Fsp3) is 0.611. The summed E-state index contributed by atoms with van der Waals surface area (Å²) >= 11 is 0. The van der Waals surface area contributed by atoms with Gasteiger partial charge in [-0.25, -0.2) is 4.98 Å². The molecule has 0 radical (unpaired) electrons. The van der Waals surface area contributed by atoms with E-state index in [4.69, 9.17) is 4.52 Å². The number of pyridine rings is 1. The Bertz CT molecular complexity index is 713. The zero-order valence-electron chi connectivity index (χ0n) is 14.6. The van der Waals surface area contributed by atoms with E-state index < -0.39 is 0 Å². The SMILES string of the molecule is Cc1noc(-c2ccnc(N3CC[C@H]4CC[C@@H](C3)N4C(C)C)c2)n1. The van der Waals surface area contributed by atoms with Crippen LogP contribution in [0.25, 0.3) is 11.5 Å². The van der Waals surface area contributed by atoms with Gasteiger partial charge >= 0.3 is 0 Å².